The van der Waals surface area contributed by atoms with Gasteiger partial charge in [0.15, 0.2) is 16.6 Å². The first-order valence-electron chi connectivity index (χ1n) is 4.50. The molecule has 78 valence electrons. The van der Waals surface area contributed by atoms with Crippen LogP contribution in [-0.2, 0) is 0 Å². The summed E-state index contributed by atoms with van der Waals surface area (Å²) >= 11 is 7.04. The highest BCUT2D eigenvalue weighted by Gasteiger charge is 2.25. The molecule has 1 aromatic heterocycles. The highest BCUT2D eigenvalue weighted by molar-refractivity contribution is 7.17. The molecule has 1 fully saturated rings. The van der Waals surface area contributed by atoms with E-state index in [1.807, 2.05) is 4.90 Å². The number of hydrogen-bond acceptors (Lipinski definition) is 5. The summed E-state index contributed by atoms with van der Waals surface area (Å²) in [5.74, 6) is 0.0624. The molecule has 0 spiro atoms. The molecule has 15 heavy (non-hydrogen) atoms. The average molecular weight is 242 g/mol. The summed E-state index contributed by atoms with van der Waals surface area (Å²) in [6.07, 6.45) is 1.56. The van der Waals surface area contributed by atoms with Crippen molar-refractivity contribution in [3.05, 3.63) is 10.0 Å². The largest absolute Gasteiger partial charge is 0.347 e. The number of rotatable bonds is 2. The highest BCUT2D eigenvalue weighted by atomic mass is 35.5. The Hall–Kier alpha value is -1.12. The van der Waals surface area contributed by atoms with Gasteiger partial charge in [-0.3, -0.25) is 4.79 Å². The van der Waals surface area contributed by atoms with Crippen LogP contribution in [0.1, 0.15) is 16.1 Å². The Kier molecular flexibility index (Phi) is 2.89. The number of nitriles is 1. The van der Waals surface area contributed by atoms with Crippen molar-refractivity contribution in [2.75, 3.05) is 18.0 Å². The van der Waals surface area contributed by atoms with Crippen molar-refractivity contribution in [3.8, 4) is 6.07 Å². The second-order valence-electron chi connectivity index (χ2n) is 3.33. The van der Waals surface area contributed by atoms with Gasteiger partial charge in [0.05, 0.1) is 12.0 Å². The number of nitrogens with zero attached hydrogens (tertiary/aromatic N) is 3. The summed E-state index contributed by atoms with van der Waals surface area (Å²) in [5, 5.41) is 9.75. The van der Waals surface area contributed by atoms with E-state index < -0.39 is 0 Å². The highest BCUT2D eigenvalue weighted by Crippen LogP contribution is 2.31. The van der Waals surface area contributed by atoms with E-state index in [9.17, 15) is 4.79 Å². The number of carbonyl (C=O) groups is 1. The first kappa shape index (κ1) is 10.4. The van der Waals surface area contributed by atoms with Crippen molar-refractivity contribution in [2.24, 2.45) is 5.92 Å². The van der Waals surface area contributed by atoms with E-state index in [1.54, 1.807) is 0 Å². The van der Waals surface area contributed by atoms with Gasteiger partial charge < -0.3 is 4.90 Å². The molecule has 1 atom stereocenters. The predicted octanol–water partition coefficient (Wildman–Crippen LogP) is 1.96. The minimum Gasteiger partial charge on any atom is -0.347 e. The van der Waals surface area contributed by atoms with E-state index >= 15 is 0 Å². The fourth-order valence-electron chi connectivity index (χ4n) is 1.55. The summed E-state index contributed by atoms with van der Waals surface area (Å²) in [4.78, 5) is 17.1. The van der Waals surface area contributed by atoms with Crippen molar-refractivity contribution < 1.29 is 4.79 Å². The molecule has 0 radical (unpaired) electrons. The molecule has 1 aromatic rings. The van der Waals surface area contributed by atoms with E-state index in [1.165, 1.54) is 11.3 Å². The lowest BCUT2D eigenvalue weighted by Crippen LogP contribution is -2.18. The Balaban J connectivity index is 2.17. The topological polar surface area (TPSA) is 57.0 Å². The van der Waals surface area contributed by atoms with Crippen LogP contribution in [0.25, 0.3) is 0 Å². The first-order chi connectivity index (χ1) is 7.24. The number of aromatic nitrogens is 1. The molecule has 1 aliphatic heterocycles. The molecular weight excluding hydrogens is 234 g/mol. The van der Waals surface area contributed by atoms with Crippen LogP contribution in [0.5, 0.6) is 0 Å². The van der Waals surface area contributed by atoms with Crippen LogP contribution in [0, 0.1) is 17.2 Å². The van der Waals surface area contributed by atoms with Gasteiger partial charge in [0, 0.05) is 13.1 Å². The minimum atomic E-state index is 0.0624. The maximum absolute atomic E-state index is 10.6. The minimum absolute atomic E-state index is 0.0624. The predicted molar refractivity (Wildman–Crippen MR) is 58.4 cm³/mol. The molecule has 4 nitrogen and oxygen atoms in total. The molecule has 2 heterocycles. The molecule has 0 bridgehead atoms. The number of anilines is 1. The number of thiazole rings is 1. The average Bonchev–Trinajstić information content (AvgIpc) is 2.83. The Morgan fingerprint density at radius 2 is 2.53 bits per heavy atom. The van der Waals surface area contributed by atoms with Crippen LogP contribution in [0.2, 0.25) is 5.15 Å². The Morgan fingerprint density at radius 3 is 3.07 bits per heavy atom. The third kappa shape index (κ3) is 1.96. The fourth-order valence-corrected chi connectivity index (χ4v) is 2.65. The maximum Gasteiger partial charge on any atom is 0.187 e. The van der Waals surface area contributed by atoms with Crippen LogP contribution in [0.15, 0.2) is 0 Å². The molecule has 1 aliphatic rings. The fraction of sp³-hybridized carbons (Fsp3) is 0.444. The van der Waals surface area contributed by atoms with Crippen molar-refractivity contribution in [1.82, 2.24) is 4.98 Å². The number of aldehydes is 1. The van der Waals surface area contributed by atoms with Gasteiger partial charge in [0.1, 0.15) is 4.88 Å². The number of hydrogen-bond donors (Lipinski definition) is 0. The van der Waals surface area contributed by atoms with Crippen LogP contribution >= 0.6 is 22.9 Å². The second-order valence-corrected chi connectivity index (χ2v) is 4.70. The van der Waals surface area contributed by atoms with Crippen LogP contribution in [-0.4, -0.2) is 24.4 Å². The molecule has 0 saturated carbocycles. The molecule has 0 aromatic carbocycles. The lowest BCUT2D eigenvalue weighted by atomic mass is 10.1. The molecule has 1 unspecified atom stereocenters. The monoisotopic (exact) mass is 241 g/mol. The number of carbonyl (C=O) groups excluding carboxylic acids is 1. The molecule has 0 aliphatic carbocycles. The lowest BCUT2D eigenvalue weighted by molar-refractivity contribution is 0.112. The van der Waals surface area contributed by atoms with Crippen molar-refractivity contribution >= 4 is 34.4 Å². The molecule has 1 saturated heterocycles. The normalized spacial score (nSPS) is 20.3. The standard InChI is InChI=1S/C9H8ClN3OS/c10-8-7(5-14)15-9(12-8)13-2-1-6(3-11)4-13/h5-6H,1-2,4H2. The van der Waals surface area contributed by atoms with Crippen LogP contribution in [0.3, 0.4) is 0 Å². The summed E-state index contributed by atoms with van der Waals surface area (Å²) in [6, 6.07) is 2.23. The molecule has 0 amide bonds. The van der Waals surface area contributed by atoms with E-state index in [-0.39, 0.29) is 11.1 Å². The van der Waals surface area contributed by atoms with E-state index in [0.29, 0.717) is 17.7 Å². The molecular formula is C9H8ClN3OS. The van der Waals surface area contributed by atoms with Crippen molar-refractivity contribution in [2.45, 2.75) is 6.42 Å². The Morgan fingerprint density at radius 1 is 1.73 bits per heavy atom. The third-order valence-electron chi connectivity index (χ3n) is 2.35. The second kappa shape index (κ2) is 4.17. The maximum atomic E-state index is 10.6. The zero-order valence-corrected chi connectivity index (χ0v) is 9.38. The zero-order valence-electron chi connectivity index (χ0n) is 7.81. The summed E-state index contributed by atoms with van der Waals surface area (Å²) in [6.45, 7) is 1.49. The molecule has 6 heteroatoms. The van der Waals surface area contributed by atoms with Crippen LogP contribution < -0.4 is 4.90 Å². The number of halogens is 1. The lowest BCUT2D eigenvalue weighted by Gasteiger charge is -2.12. The van der Waals surface area contributed by atoms with Crippen molar-refractivity contribution in [3.63, 3.8) is 0 Å². The van der Waals surface area contributed by atoms with Crippen molar-refractivity contribution in [1.29, 1.82) is 5.26 Å². The molecule has 0 N–H and O–H groups in total. The van der Waals surface area contributed by atoms with Gasteiger partial charge in [-0.1, -0.05) is 22.9 Å². The van der Waals surface area contributed by atoms with Gasteiger partial charge >= 0.3 is 0 Å². The SMILES string of the molecule is N#CC1CCN(c2nc(Cl)c(C=O)s2)C1. The van der Waals surface area contributed by atoms with Gasteiger partial charge in [0.2, 0.25) is 0 Å². The zero-order chi connectivity index (χ0) is 10.8. The van der Waals surface area contributed by atoms with Gasteiger partial charge in [-0.05, 0) is 6.42 Å². The summed E-state index contributed by atoms with van der Waals surface area (Å²) < 4.78 is 0. The summed E-state index contributed by atoms with van der Waals surface area (Å²) in [7, 11) is 0. The van der Waals surface area contributed by atoms with Gasteiger partial charge in [-0.15, -0.1) is 0 Å². The van der Waals surface area contributed by atoms with E-state index in [2.05, 4.69) is 11.1 Å². The Labute approximate surface area is 96.1 Å². The molecule has 2 rings (SSSR count). The first-order valence-corrected chi connectivity index (χ1v) is 5.70. The third-order valence-corrected chi connectivity index (χ3v) is 3.79. The van der Waals surface area contributed by atoms with E-state index in [0.717, 1.165) is 18.1 Å². The smallest absolute Gasteiger partial charge is 0.187 e. The van der Waals surface area contributed by atoms with E-state index in [4.69, 9.17) is 16.9 Å². The Bertz CT molecular complexity index is 425. The van der Waals surface area contributed by atoms with Gasteiger partial charge in [-0.2, -0.15) is 5.26 Å². The van der Waals surface area contributed by atoms with Gasteiger partial charge in [-0.25, -0.2) is 4.98 Å². The quantitative estimate of drug-likeness (QED) is 0.743. The van der Waals surface area contributed by atoms with Gasteiger partial charge in [0.25, 0.3) is 0 Å². The summed E-state index contributed by atoms with van der Waals surface area (Å²) in [5.41, 5.74) is 0. The van der Waals surface area contributed by atoms with Crippen LogP contribution in [0.4, 0.5) is 5.13 Å².